The lowest BCUT2D eigenvalue weighted by Gasteiger charge is -2.32. The minimum Gasteiger partial charge on any atom is -0.399 e. The molecule has 1 aromatic heterocycles. The molecule has 1 aliphatic heterocycles. The summed E-state index contributed by atoms with van der Waals surface area (Å²) in [6.45, 7) is 8.29. The summed E-state index contributed by atoms with van der Waals surface area (Å²) < 4.78 is 12.0. The molecule has 1 aromatic rings. The summed E-state index contributed by atoms with van der Waals surface area (Å²) >= 11 is 0. The van der Waals surface area contributed by atoms with Crippen LogP contribution in [0.4, 0.5) is 0 Å². The molecule has 3 nitrogen and oxygen atoms in total. The van der Waals surface area contributed by atoms with E-state index in [1.807, 2.05) is 6.20 Å². The van der Waals surface area contributed by atoms with E-state index in [1.165, 1.54) is 18.5 Å². The van der Waals surface area contributed by atoms with Crippen LogP contribution in [0, 0.1) is 5.92 Å². The third kappa shape index (κ3) is 2.56. The van der Waals surface area contributed by atoms with E-state index >= 15 is 0 Å². The zero-order valence-electron chi connectivity index (χ0n) is 12.3. The van der Waals surface area contributed by atoms with Crippen molar-refractivity contribution in [1.29, 1.82) is 0 Å². The van der Waals surface area contributed by atoms with Crippen molar-refractivity contribution in [1.82, 2.24) is 4.98 Å². The molecule has 1 aliphatic carbocycles. The second-order valence-electron chi connectivity index (χ2n) is 6.82. The van der Waals surface area contributed by atoms with E-state index in [4.69, 9.17) is 9.31 Å². The first-order chi connectivity index (χ1) is 8.87. The van der Waals surface area contributed by atoms with Gasteiger partial charge in [-0.2, -0.15) is 0 Å². The fraction of sp³-hybridized carbons (Fsp3) is 0.667. The molecule has 4 heteroatoms. The number of rotatable bonds is 3. The van der Waals surface area contributed by atoms with Crippen LogP contribution in [0.15, 0.2) is 18.3 Å². The lowest BCUT2D eigenvalue weighted by Crippen LogP contribution is -2.41. The van der Waals surface area contributed by atoms with Gasteiger partial charge >= 0.3 is 7.12 Å². The Morgan fingerprint density at radius 3 is 2.26 bits per heavy atom. The lowest BCUT2D eigenvalue weighted by molar-refractivity contribution is 0.00578. The molecular formula is C15H22BNO2. The Hall–Kier alpha value is -0.865. The van der Waals surface area contributed by atoms with Crippen LogP contribution in [-0.2, 0) is 15.7 Å². The van der Waals surface area contributed by atoms with Gasteiger partial charge in [0.2, 0.25) is 0 Å². The largest absolute Gasteiger partial charge is 0.496 e. The second kappa shape index (κ2) is 4.32. The summed E-state index contributed by atoms with van der Waals surface area (Å²) in [5, 5.41) is 0. The van der Waals surface area contributed by atoms with Gasteiger partial charge in [-0.05, 0) is 58.9 Å². The predicted molar refractivity (Wildman–Crippen MR) is 76.4 cm³/mol. The van der Waals surface area contributed by atoms with Gasteiger partial charge in [0.15, 0.2) is 0 Å². The zero-order chi connectivity index (χ0) is 13.7. The minimum atomic E-state index is -0.299. The first-order valence-corrected chi connectivity index (χ1v) is 7.18. The molecule has 102 valence electrons. The first kappa shape index (κ1) is 13.1. The quantitative estimate of drug-likeness (QED) is 0.781. The first-order valence-electron chi connectivity index (χ1n) is 7.18. The summed E-state index contributed by atoms with van der Waals surface area (Å²) in [6.07, 6.45) is 5.74. The molecule has 0 spiro atoms. The molecule has 0 N–H and O–H groups in total. The van der Waals surface area contributed by atoms with E-state index in [0.717, 1.165) is 17.8 Å². The Bertz CT molecular complexity index is 450. The van der Waals surface area contributed by atoms with Crippen LogP contribution in [0.1, 0.15) is 46.2 Å². The molecule has 3 rings (SSSR count). The smallest absolute Gasteiger partial charge is 0.399 e. The van der Waals surface area contributed by atoms with Gasteiger partial charge in [0, 0.05) is 17.4 Å². The van der Waals surface area contributed by atoms with Crippen molar-refractivity contribution >= 4 is 12.6 Å². The minimum absolute atomic E-state index is 0.287. The van der Waals surface area contributed by atoms with Crippen LogP contribution >= 0.6 is 0 Å². The predicted octanol–water partition coefficient (Wildman–Crippen LogP) is 2.33. The van der Waals surface area contributed by atoms with Gasteiger partial charge in [-0.1, -0.05) is 6.07 Å². The van der Waals surface area contributed by atoms with E-state index < -0.39 is 0 Å². The zero-order valence-corrected chi connectivity index (χ0v) is 12.3. The van der Waals surface area contributed by atoms with Gasteiger partial charge in [0.25, 0.3) is 0 Å². The molecule has 19 heavy (non-hydrogen) atoms. The maximum absolute atomic E-state index is 6.02. The van der Waals surface area contributed by atoms with Crippen molar-refractivity contribution in [2.24, 2.45) is 5.92 Å². The number of aromatic nitrogens is 1. The van der Waals surface area contributed by atoms with E-state index in [1.54, 1.807) is 0 Å². The van der Waals surface area contributed by atoms with E-state index in [0.29, 0.717) is 0 Å². The van der Waals surface area contributed by atoms with Gasteiger partial charge in [-0.3, -0.25) is 4.98 Å². The highest BCUT2D eigenvalue weighted by atomic mass is 16.7. The number of nitrogens with zero attached hydrogens (tertiary/aromatic N) is 1. The Balaban J connectivity index is 1.72. The SMILES string of the molecule is CC1(C)OB(c2ccc(CC3CC3)nc2)OC1(C)C. The molecule has 0 amide bonds. The summed E-state index contributed by atoms with van der Waals surface area (Å²) in [7, 11) is -0.299. The Morgan fingerprint density at radius 1 is 1.16 bits per heavy atom. The summed E-state index contributed by atoms with van der Waals surface area (Å²) in [5.74, 6) is 0.871. The van der Waals surface area contributed by atoms with Gasteiger partial charge in [0.1, 0.15) is 0 Å². The maximum Gasteiger partial charge on any atom is 0.496 e. The van der Waals surface area contributed by atoms with Crippen LogP contribution in [0.25, 0.3) is 0 Å². The standard InChI is InChI=1S/C15H22BNO2/c1-14(2)15(3,4)19-16(18-14)12-7-8-13(17-10-12)9-11-5-6-11/h7-8,10-11H,5-6,9H2,1-4H3. The highest BCUT2D eigenvalue weighted by Gasteiger charge is 2.51. The van der Waals surface area contributed by atoms with Gasteiger partial charge in [-0.25, -0.2) is 0 Å². The average molecular weight is 259 g/mol. The van der Waals surface area contributed by atoms with Crippen molar-refractivity contribution in [3.8, 4) is 0 Å². The molecular weight excluding hydrogens is 237 g/mol. The molecule has 0 unspecified atom stereocenters. The van der Waals surface area contributed by atoms with Crippen molar-refractivity contribution in [3.63, 3.8) is 0 Å². The van der Waals surface area contributed by atoms with Crippen LogP contribution in [0.3, 0.4) is 0 Å². The molecule has 1 saturated carbocycles. The highest BCUT2D eigenvalue weighted by Crippen LogP contribution is 2.36. The number of hydrogen-bond donors (Lipinski definition) is 0. The molecule has 0 bridgehead atoms. The second-order valence-corrected chi connectivity index (χ2v) is 6.82. The summed E-state index contributed by atoms with van der Waals surface area (Å²) in [6, 6.07) is 4.20. The third-order valence-electron chi connectivity index (χ3n) is 4.57. The summed E-state index contributed by atoms with van der Waals surface area (Å²) in [4.78, 5) is 4.54. The average Bonchev–Trinajstić information content (AvgIpc) is 3.08. The van der Waals surface area contributed by atoms with Gasteiger partial charge in [-0.15, -0.1) is 0 Å². The van der Waals surface area contributed by atoms with Crippen LogP contribution in [0.2, 0.25) is 0 Å². The van der Waals surface area contributed by atoms with Crippen molar-refractivity contribution in [2.45, 2.75) is 58.2 Å². The number of pyridine rings is 1. The molecule has 2 heterocycles. The van der Waals surface area contributed by atoms with Crippen molar-refractivity contribution in [2.75, 3.05) is 0 Å². The van der Waals surface area contributed by atoms with Crippen LogP contribution in [0.5, 0.6) is 0 Å². The Labute approximate surface area is 115 Å². The Morgan fingerprint density at radius 2 is 1.79 bits per heavy atom. The molecule has 0 aromatic carbocycles. The van der Waals surface area contributed by atoms with Crippen LogP contribution in [-0.4, -0.2) is 23.3 Å². The Kier molecular flexibility index (Phi) is 2.99. The molecule has 2 aliphatic rings. The lowest BCUT2D eigenvalue weighted by atomic mass is 9.80. The van der Waals surface area contributed by atoms with Crippen molar-refractivity contribution in [3.05, 3.63) is 24.0 Å². The van der Waals surface area contributed by atoms with E-state index in [2.05, 4.69) is 44.8 Å². The normalized spacial score (nSPS) is 24.7. The van der Waals surface area contributed by atoms with Crippen molar-refractivity contribution < 1.29 is 9.31 Å². The highest BCUT2D eigenvalue weighted by molar-refractivity contribution is 6.62. The summed E-state index contributed by atoms with van der Waals surface area (Å²) in [5.41, 5.74) is 1.62. The monoisotopic (exact) mass is 259 g/mol. The third-order valence-corrected chi connectivity index (χ3v) is 4.57. The fourth-order valence-electron chi connectivity index (χ4n) is 2.29. The molecule has 2 fully saturated rings. The molecule has 1 saturated heterocycles. The van der Waals surface area contributed by atoms with E-state index in [-0.39, 0.29) is 18.3 Å². The maximum atomic E-state index is 6.02. The van der Waals surface area contributed by atoms with Gasteiger partial charge in [0.05, 0.1) is 11.2 Å². The molecule has 0 radical (unpaired) electrons. The van der Waals surface area contributed by atoms with E-state index in [9.17, 15) is 0 Å². The van der Waals surface area contributed by atoms with Crippen LogP contribution < -0.4 is 5.46 Å². The molecule has 0 atom stereocenters. The van der Waals surface area contributed by atoms with Gasteiger partial charge < -0.3 is 9.31 Å². The topological polar surface area (TPSA) is 31.4 Å². The number of hydrogen-bond acceptors (Lipinski definition) is 3. The fourth-order valence-corrected chi connectivity index (χ4v) is 2.29.